The number of piperidine rings is 1. The van der Waals surface area contributed by atoms with E-state index < -0.39 is 22.2 Å². The molecule has 0 aromatic rings. The summed E-state index contributed by atoms with van der Waals surface area (Å²) < 4.78 is 32.7. The van der Waals surface area contributed by atoms with Crippen molar-refractivity contribution in [1.82, 2.24) is 9.03 Å². The van der Waals surface area contributed by atoms with Crippen molar-refractivity contribution in [1.29, 1.82) is 0 Å². The van der Waals surface area contributed by atoms with Crippen LogP contribution in [0.25, 0.3) is 0 Å². The average molecular weight is 322 g/mol. The van der Waals surface area contributed by atoms with Crippen LogP contribution in [0.15, 0.2) is 0 Å². The predicted molar refractivity (Wildman–Crippen MR) is 74.7 cm³/mol. The first-order chi connectivity index (χ1) is 9.76. The minimum Gasteiger partial charge on any atom is -0.481 e. The number of nitrogens with one attached hydrogen (secondary N) is 1. The van der Waals surface area contributed by atoms with Crippen LogP contribution in [0.5, 0.6) is 0 Å². The monoisotopic (exact) mass is 322 g/mol. The Morgan fingerprint density at radius 2 is 1.95 bits per heavy atom. The van der Waals surface area contributed by atoms with E-state index in [9.17, 15) is 18.0 Å². The van der Waals surface area contributed by atoms with Crippen molar-refractivity contribution >= 4 is 22.1 Å². The second-order valence-corrected chi connectivity index (χ2v) is 6.86. The van der Waals surface area contributed by atoms with Crippen LogP contribution >= 0.6 is 0 Å². The highest BCUT2D eigenvalue weighted by Crippen LogP contribution is 2.20. The Hall–Kier alpha value is -1.19. The fourth-order valence-corrected chi connectivity index (χ4v) is 3.69. The quantitative estimate of drug-likeness (QED) is 0.636. The second-order valence-electron chi connectivity index (χ2n) is 5.15. The summed E-state index contributed by atoms with van der Waals surface area (Å²) in [6, 6.07) is -0.454. The molecule has 0 spiro atoms. The molecular weight excluding hydrogens is 300 g/mol. The largest absolute Gasteiger partial charge is 0.481 e. The first-order valence-electron chi connectivity index (χ1n) is 6.83. The molecule has 9 heteroatoms. The summed E-state index contributed by atoms with van der Waals surface area (Å²) >= 11 is 0. The number of carboxylic acids is 1. The molecule has 1 aliphatic heterocycles. The molecule has 21 heavy (non-hydrogen) atoms. The van der Waals surface area contributed by atoms with Gasteiger partial charge in [0.05, 0.1) is 13.0 Å². The van der Waals surface area contributed by atoms with Crippen LogP contribution in [0.1, 0.15) is 32.6 Å². The Morgan fingerprint density at radius 3 is 2.43 bits per heavy atom. The minimum absolute atomic E-state index is 0.0892. The maximum atomic E-state index is 12.1. The number of carboxylic acid groups (broad SMARTS) is 1. The molecule has 122 valence electrons. The molecule has 8 nitrogen and oxygen atoms in total. The van der Waals surface area contributed by atoms with Gasteiger partial charge in [-0.15, -0.1) is 0 Å². The summed E-state index contributed by atoms with van der Waals surface area (Å²) in [6.07, 6.45) is 0.996. The van der Waals surface area contributed by atoms with E-state index >= 15 is 0 Å². The number of nitrogens with zero attached hydrogens (tertiary/aromatic N) is 1. The van der Waals surface area contributed by atoms with E-state index in [0.29, 0.717) is 12.8 Å². The van der Waals surface area contributed by atoms with Crippen LogP contribution in [0, 0.1) is 5.92 Å². The van der Waals surface area contributed by atoms with Crippen LogP contribution in [0.3, 0.4) is 0 Å². The van der Waals surface area contributed by atoms with E-state index in [1.54, 1.807) is 6.92 Å². The van der Waals surface area contributed by atoms with Crippen molar-refractivity contribution in [3.63, 3.8) is 0 Å². The van der Waals surface area contributed by atoms with Crippen molar-refractivity contribution in [2.75, 3.05) is 20.2 Å². The lowest BCUT2D eigenvalue weighted by Crippen LogP contribution is -2.48. The first-order valence-corrected chi connectivity index (χ1v) is 8.27. The summed E-state index contributed by atoms with van der Waals surface area (Å²) in [6.45, 7) is 2.13. The van der Waals surface area contributed by atoms with E-state index in [0.717, 1.165) is 0 Å². The Kier molecular flexibility index (Phi) is 6.56. The number of hydrogen-bond donors (Lipinski definition) is 2. The van der Waals surface area contributed by atoms with Crippen molar-refractivity contribution in [2.45, 2.75) is 38.6 Å². The minimum atomic E-state index is -3.65. The molecular formula is C12H22N2O6S. The lowest BCUT2D eigenvalue weighted by molar-refractivity contribution is -0.146. The van der Waals surface area contributed by atoms with Gasteiger partial charge in [-0.3, -0.25) is 9.59 Å². The standard InChI is InChI=1S/C12H22N2O6S/c1-9(3-4-11(15)16)13-21(18,19)14-7-5-10(6-8-14)12(17)20-2/h9-10,13H,3-8H2,1-2H3,(H,15,16). The molecule has 0 aromatic carbocycles. The van der Waals surface area contributed by atoms with Crippen molar-refractivity contribution < 1.29 is 27.9 Å². The normalized spacial score (nSPS) is 19.1. The Balaban J connectivity index is 2.49. The van der Waals surface area contributed by atoms with Gasteiger partial charge in [-0.05, 0) is 26.2 Å². The van der Waals surface area contributed by atoms with Gasteiger partial charge in [0.2, 0.25) is 0 Å². The van der Waals surface area contributed by atoms with Gasteiger partial charge in [0, 0.05) is 25.6 Å². The second kappa shape index (κ2) is 7.71. The Labute approximate surface area is 124 Å². The predicted octanol–water partition coefficient (Wildman–Crippen LogP) is -0.0409. The van der Waals surface area contributed by atoms with E-state index in [2.05, 4.69) is 9.46 Å². The van der Waals surface area contributed by atoms with Gasteiger partial charge in [-0.25, -0.2) is 0 Å². The smallest absolute Gasteiger partial charge is 0.308 e. The van der Waals surface area contributed by atoms with Gasteiger partial charge in [0.15, 0.2) is 0 Å². The van der Waals surface area contributed by atoms with Crippen LogP contribution < -0.4 is 4.72 Å². The molecule has 0 radical (unpaired) electrons. The third kappa shape index (κ3) is 5.60. The number of carbonyl (C=O) groups is 2. The van der Waals surface area contributed by atoms with Gasteiger partial charge in [-0.1, -0.05) is 0 Å². The van der Waals surface area contributed by atoms with Gasteiger partial charge in [-0.2, -0.15) is 17.4 Å². The highest BCUT2D eigenvalue weighted by molar-refractivity contribution is 7.87. The molecule has 2 N–H and O–H groups in total. The fraction of sp³-hybridized carbons (Fsp3) is 0.833. The number of ether oxygens (including phenoxy) is 1. The molecule has 1 heterocycles. The zero-order chi connectivity index (χ0) is 16.0. The van der Waals surface area contributed by atoms with E-state index in [-0.39, 0.29) is 37.8 Å². The SMILES string of the molecule is COC(=O)C1CCN(S(=O)(=O)NC(C)CCC(=O)O)CC1. The number of esters is 1. The number of carbonyl (C=O) groups excluding carboxylic acids is 1. The molecule has 1 atom stereocenters. The molecule has 0 amide bonds. The van der Waals surface area contributed by atoms with Crippen LogP contribution in [0.2, 0.25) is 0 Å². The lowest BCUT2D eigenvalue weighted by atomic mass is 9.99. The molecule has 1 fully saturated rings. The highest BCUT2D eigenvalue weighted by Gasteiger charge is 2.32. The van der Waals surface area contributed by atoms with Crippen molar-refractivity contribution in [2.24, 2.45) is 5.92 Å². The highest BCUT2D eigenvalue weighted by atomic mass is 32.2. The third-order valence-corrected chi connectivity index (χ3v) is 5.21. The number of rotatable bonds is 7. The van der Waals surface area contributed by atoms with Gasteiger partial charge in [0.25, 0.3) is 10.2 Å². The molecule has 1 rings (SSSR count). The number of aliphatic carboxylic acids is 1. The maximum Gasteiger partial charge on any atom is 0.308 e. The Bertz CT molecular complexity index is 470. The molecule has 1 aliphatic rings. The molecule has 0 aromatic heterocycles. The van der Waals surface area contributed by atoms with Crippen molar-refractivity contribution in [3.8, 4) is 0 Å². The topological polar surface area (TPSA) is 113 Å². The molecule has 1 unspecified atom stereocenters. The van der Waals surface area contributed by atoms with Crippen LogP contribution in [-0.2, 0) is 24.5 Å². The summed E-state index contributed by atoms with van der Waals surface area (Å²) in [5, 5.41) is 8.58. The summed E-state index contributed by atoms with van der Waals surface area (Å²) in [5.74, 6) is -1.53. The molecule has 0 bridgehead atoms. The average Bonchev–Trinajstić information content (AvgIpc) is 2.44. The van der Waals surface area contributed by atoms with Crippen molar-refractivity contribution in [3.05, 3.63) is 0 Å². The van der Waals surface area contributed by atoms with Gasteiger partial charge < -0.3 is 9.84 Å². The summed E-state index contributed by atoms with van der Waals surface area (Å²) in [7, 11) is -2.33. The first kappa shape index (κ1) is 17.9. The Morgan fingerprint density at radius 1 is 1.38 bits per heavy atom. The molecule has 1 saturated heterocycles. The van der Waals surface area contributed by atoms with E-state index in [1.165, 1.54) is 11.4 Å². The van der Waals surface area contributed by atoms with Crippen LogP contribution in [-0.4, -0.2) is 56.0 Å². The van der Waals surface area contributed by atoms with E-state index in [1.807, 2.05) is 0 Å². The zero-order valence-electron chi connectivity index (χ0n) is 12.2. The molecule has 0 saturated carbocycles. The van der Waals surface area contributed by atoms with Gasteiger partial charge in [0.1, 0.15) is 0 Å². The zero-order valence-corrected chi connectivity index (χ0v) is 13.1. The summed E-state index contributed by atoms with van der Waals surface area (Å²) in [5.41, 5.74) is 0. The van der Waals surface area contributed by atoms with Gasteiger partial charge >= 0.3 is 11.9 Å². The molecule has 0 aliphatic carbocycles. The number of methoxy groups -OCH3 is 1. The maximum absolute atomic E-state index is 12.1. The number of hydrogen-bond acceptors (Lipinski definition) is 5. The third-order valence-electron chi connectivity index (χ3n) is 3.47. The van der Waals surface area contributed by atoms with E-state index in [4.69, 9.17) is 5.11 Å². The lowest BCUT2D eigenvalue weighted by Gasteiger charge is -2.30. The fourth-order valence-electron chi connectivity index (χ4n) is 2.23. The van der Waals surface area contributed by atoms with Crippen LogP contribution in [0.4, 0.5) is 0 Å². The summed E-state index contributed by atoms with van der Waals surface area (Å²) in [4.78, 5) is 21.9.